The van der Waals surface area contributed by atoms with E-state index in [1.807, 2.05) is 0 Å². The molecule has 0 aliphatic rings. The first kappa shape index (κ1) is 13.8. The smallest absolute Gasteiger partial charge is 0.433 e. The molecule has 0 fully saturated rings. The number of pyridine rings is 1. The lowest BCUT2D eigenvalue weighted by Crippen LogP contribution is -2.21. The van der Waals surface area contributed by atoms with Gasteiger partial charge in [0.05, 0.1) is 18.3 Å². The number of amides is 1. The molecule has 0 bridgehead atoms. The second kappa shape index (κ2) is 5.56. The van der Waals surface area contributed by atoms with Gasteiger partial charge in [-0.15, -0.1) is 0 Å². The number of para-hydroxylation sites is 1. The number of hydrogen-bond donors (Lipinski definition) is 1. The molecule has 0 unspecified atom stereocenters. The molecule has 0 saturated heterocycles. The van der Waals surface area contributed by atoms with Gasteiger partial charge in [0, 0.05) is 12.4 Å². The van der Waals surface area contributed by atoms with E-state index in [9.17, 15) is 14.7 Å². The molecule has 6 heteroatoms. The van der Waals surface area contributed by atoms with E-state index in [0.29, 0.717) is 10.9 Å². The summed E-state index contributed by atoms with van der Waals surface area (Å²) >= 11 is 0. The summed E-state index contributed by atoms with van der Waals surface area (Å²) in [7, 11) is 1.59. The fraction of sp³-hybridized carbons (Fsp3) is 0.214. The van der Waals surface area contributed by atoms with Crippen molar-refractivity contribution >= 4 is 23.2 Å². The molecule has 0 spiro atoms. The fourth-order valence-corrected chi connectivity index (χ4v) is 1.90. The Kier molecular flexibility index (Phi) is 3.84. The van der Waals surface area contributed by atoms with E-state index in [0.717, 1.165) is 6.21 Å². The van der Waals surface area contributed by atoms with Gasteiger partial charge < -0.3 is 14.4 Å². The van der Waals surface area contributed by atoms with Crippen LogP contribution < -0.4 is 5.56 Å². The number of fused-ring (bicyclic) bond motifs is 1. The van der Waals surface area contributed by atoms with Crippen LogP contribution >= 0.6 is 0 Å². The van der Waals surface area contributed by atoms with Gasteiger partial charge in [-0.25, -0.2) is 4.79 Å². The highest BCUT2D eigenvalue weighted by atomic mass is 16.5. The summed E-state index contributed by atoms with van der Waals surface area (Å²) in [5, 5.41) is 10.7. The van der Waals surface area contributed by atoms with Crippen LogP contribution in [0.1, 0.15) is 12.5 Å². The van der Waals surface area contributed by atoms with E-state index in [-0.39, 0.29) is 17.9 Å². The van der Waals surface area contributed by atoms with Gasteiger partial charge in [-0.2, -0.15) is 4.99 Å². The number of carbonyl (C=O) groups is 1. The molecule has 1 aromatic heterocycles. The zero-order valence-corrected chi connectivity index (χ0v) is 11.2. The second-order valence-corrected chi connectivity index (χ2v) is 4.10. The summed E-state index contributed by atoms with van der Waals surface area (Å²) in [5.41, 5.74) is 0.122. The van der Waals surface area contributed by atoms with E-state index < -0.39 is 11.7 Å². The van der Waals surface area contributed by atoms with Crippen LogP contribution in [0.5, 0.6) is 5.75 Å². The molecule has 1 heterocycles. The number of aromatic nitrogens is 1. The van der Waals surface area contributed by atoms with E-state index >= 15 is 0 Å². The number of hydrogen-bond acceptors (Lipinski definition) is 4. The maximum Gasteiger partial charge on any atom is 0.433 e. The van der Waals surface area contributed by atoms with Crippen molar-refractivity contribution in [2.45, 2.75) is 6.92 Å². The number of aryl methyl sites for hydroxylation is 1. The normalized spacial score (nSPS) is 11.1. The van der Waals surface area contributed by atoms with Crippen molar-refractivity contribution in [1.82, 2.24) is 4.57 Å². The monoisotopic (exact) mass is 274 g/mol. The van der Waals surface area contributed by atoms with Gasteiger partial charge in [0.2, 0.25) is 0 Å². The third kappa shape index (κ3) is 2.40. The Labute approximate surface area is 114 Å². The van der Waals surface area contributed by atoms with Gasteiger partial charge in [-0.1, -0.05) is 12.1 Å². The van der Waals surface area contributed by atoms with E-state index in [2.05, 4.69) is 9.73 Å². The van der Waals surface area contributed by atoms with Gasteiger partial charge in [0.15, 0.2) is 0 Å². The molecule has 1 amide bonds. The molecule has 104 valence electrons. The van der Waals surface area contributed by atoms with E-state index in [1.165, 1.54) is 4.57 Å². The Bertz CT molecular complexity index is 747. The number of aliphatic imine (C=N–C) groups is 1. The van der Waals surface area contributed by atoms with Crippen molar-refractivity contribution in [2.75, 3.05) is 6.61 Å². The summed E-state index contributed by atoms with van der Waals surface area (Å²) in [6, 6.07) is 6.93. The number of carbonyl (C=O) groups excluding carboxylic acids is 1. The predicted molar refractivity (Wildman–Crippen MR) is 75.5 cm³/mol. The lowest BCUT2D eigenvalue weighted by atomic mass is 10.1. The highest BCUT2D eigenvalue weighted by Gasteiger charge is 2.13. The van der Waals surface area contributed by atoms with Crippen LogP contribution in [0.15, 0.2) is 34.1 Å². The van der Waals surface area contributed by atoms with Crippen molar-refractivity contribution < 1.29 is 14.6 Å². The highest BCUT2D eigenvalue weighted by Crippen LogP contribution is 2.24. The Morgan fingerprint density at radius 1 is 1.45 bits per heavy atom. The van der Waals surface area contributed by atoms with Gasteiger partial charge in [-0.3, -0.25) is 4.79 Å². The Balaban J connectivity index is 2.60. The highest BCUT2D eigenvalue weighted by molar-refractivity contribution is 5.97. The molecular weight excluding hydrogens is 260 g/mol. The van der Waals surface area contributed by atoms with E-state index in [1.54, 1.807) is 38.2 Å². The summed E-state index contributed by atoms with van der Waals surface area (Å²) in [6.45, 7) is 1.85. The second-order valence-electron chi connectivity index (χ2n) is 4.10. The van der Waals surface area contributed by atoms with Crippen LogP contribution in [0.4, 0.5) is 4.79 Å². The Morgan fingerprint density at radius 2 is 2.15 bits per heavy atom. The van der Waals surface area contributed by atoms with E-state index in [4.69, 9.17) is 0 Å². The predicted octanol–water partition coefficient (Wildman–Crippen LogP) is 1.82. The fourth-order valence-electron chi connectivity index (χ4n) is 1.90. The molecule has 0 aliphatic carbocycles. The zero-order valence-electron chi connectivity index (χ0n) is 11.2. The van der Waals surface area contributed by atoms with Gasteiger partial charge in [-0.05, 0) is 19.1 Å². The molecule has 1 aromatic carbocycles. The topological polar surface area (TPSA) is 80.9 Å². The summed E-state index contributed by atoms with van der Waals surface area (Å²) in [4.78, 5) is 26.8. The number of ether oxygens (including phenoxy) is 1. The molecule has 6 nitrogen and oxygen atoms in total. The molecule has 20 heavy (non-hydrogen) atoms. The number of benzene rings is 1. The van der Waals surface area contributed by atoms with Crippen molar-refractivity contribution in [3.63, 3.8) is 0 Å². The lowest BCUT2D eigenvalue weighted by molar-refractivity contribution is 0.163. The van der Waals surface area contributed by atoms with Crippen molar-refractivity contribution in [3.05, 3.63) is 40.2 Å². The average Bonchev–Trinajstić information content (AvgIpc) is 2.45. The maximum absolute atomic E-state index is 12.1. The van der Waals surface area contributed by atoms with Crippen LogP contribution in [-0.4, -0.2) is 28.6 Å². The summed E-state index contributed by atoms with van der Waals surface area (Å²) in [5.74, 6) is -0.197. The maximum atomic E-state index is 12.1. The van der Waals surface area contributed by atoms with Crippen molar-refractivity contribution in [2.24, 2.45) is 12.0 Å². The number of nitrogens with zero attached hydrogens (tertiary/aromatic N) is 2. The third-order valence-electron chi connectivity index (χ3n) is 2.88. The lowest BCUT2D eigenvalue weighted by Gasteiger charge is -2.08. The quantitative estimate of drug-likeness (QED) is 0.847. The van der Waals surface area contributed by atoms with Crippen LogP contribution in [0.3, 0.4) is 0 Å². The molecule has 0 atom stereocenters. The first-order valence-electron chi connectivity index (χ1n) is 6.07. The standard InChI is InChI=1S/C14H14N2O4/c1-3-20-14(19)15-8-10-12(17)9-6-4-5-7-11(9)16(2)13(10)18/h4-8,17H,3H2,1-2H3. The van der Waals surface area contributed by atoms with Gasteiger partial charge in [0.1, 0.15) is 11.3 Å². The Morgan fingerprint density at radius 3 is 2.85 bits per heavy atom. The van der Waals surface area contributed by atoms with Crippen LogP contribution in [-0.2, 0) is 11.8 Å². The zero-order chi connectivity index (χ0) is 14.7. The molecule has 0 aliphatic heterocycles. The molecular formula is C14H14N2O4. The van der Waals surface area contributed by atoms with Crippen molar-refractivity contribution in [3.8, 4) is 5.75 Å². The SMILES string of the molecule is CCOC(=O)N=Cc1c(O)c2ccccc2n(C)c1=O. The van der Waals surface area contributed by atoms with Crippen LogP contribution in [0.2, 0.25) is 0 Å². The first-order chi connectivity index (χ1) is 9.56. The minimum absolute atomic E-state index is 0.0424. The summed E-state index contributed by atoms with van der Waals surface area (Å²) < 4.78 is 6.02. The molecule has 2 aromatic rings. The molecule has 0 saturated carbocycles. The Hall–Kier alpha value is -2.63. The minimum atomic E-state index is -0.804. The molecule has 0 radical (unpaired) electrons. The average molecular weight is 274 g/mol. The summed E-state index contributed by atoms with van der Waals surface area (Å²) in [6.07, 6.45) is 0.226. The van der Waals surface area contributed by atoms with Crippen LogP contribution in [0, 0.1) is 0 Å². The molecule has 1 N–H and O–H groups in total. The molecule has 2 rings (SSSR count). The number of rotatable bonds is 2. The van der Waals surface area contributed by atoms with Crippen molar-refractivity contribution in [1.29, 1.82) is 0 Å². The largest absolute Gasteiger partial charge is 0.506 e. The minimum Gasteiger partial charge on any atom is -0.506 e. The van der Waals surface area contributed by atoms with Crippen LogP contribution in [0.25, 0.3) is 10.9 Å². The first-order valence-corrected chi connectivity index (χ1v) is 6.07. The van der Waals surface area contributed by atoms with Gasteiger partial charge >= 0.3 is 6.09 Å². The third-order valence-corrected chi connectivity index (χ3v) is 2.88. The number of aromatic hydroxyl groups is 1. The van der Waals surface area contributed by atoms with Gasteiger partial charge in [0.25, 0.3) is 5.56 Å².